The van der Waals surface area contributed by atoms with E-state index in [4.69, 9.17) is 4.42 Å². The molecule has 2 rings (SSSR count). The van der Waals surface area contributed by atoms with Crippen LogP contribution in [-0.2, 0) is 12.6 Å². The number of furan rings is 1. The molecule has 0 aliphatic carbocycles. The van der Waals surface area contributed by atoms with E-state index < -0.39 is 11.7 Å². The van der Waals surface area contributed by atoms with Gasteiger partial charge >= 0.3 is 6.18 Å². The third kappa shape index (κ3) is 3.63. The fraction of sp³-hybridized carbons (Fsp3) is 0.333. The number of benzene rings is 1. The zero-order valence-corrected chi connectivity index (χ0v) is 11.1. The third-order valence-corrected chi connectivity index (χ3v) is 3.09. The Labute approximate surface area is 115 Å². The largest absolute Gasteiger partial charge is 0.472 e. The minimum atomic E-state index is -4.32. The van der Waals surface area contributed by atoms with Gasteiger partial charge < -0.3 is 9.73 Å². The molecule has 2 nitrogen and oxygen atoms in total. The van der Waals surface area contributed by atoms with Crippen molar-refractivity contribution in [1.82, 2.24) is 5.32 Å². The normalized spacial score (nSPS) is 13.4. The molecule has 1 aromatic carbocycles. The van der Waals surface area contributed by atoms with Crippen LogP contribution >= 0.6 is 0 Å². The number of rotatable bonds is 5. The molecule has 1 unspecified atom stereocenters. The lowest BCUT2D eigenvalue weighted by Crippen LogP contribution is -2.23. The van der Waals surface area contributed by atoms with Crippen LogP contribution in [0.1, 0.15) is 29.7 Å². The maximum absolute atomic E-state index is 12.8. The van der Waals surface area contributed by atoms with Gasteiger partial charge in [0, 0.05) is 6.04 Å². The minimum Gasteiger partial charge on any atom is -0.472 e. The fourth-order valence-corrected chi connectivity index (χ4v) is 2.13. The van der Waals surface area contributed by atoms with Gasteiger partial charge in [-0.3, -0.25) is 0 Å². The zero-order valence-electron chi connectivity index (χ0n) is 11.1. The molecule has 1 N–H and O–H groups in total. The third-order valence-electron chi connectivity index (χ3n) is 3.09. The van der Waals surface area contributed by atoms with Gasteiger partial charge in [0.1, 0.15) is 0 Å². The number of nitrogens with one attached hydrogen (secondary N) is 1. The van der Waals surface area contributed by atoms with Crippen LogP contribution in [0.2, 0.25) is 0 Å². The molecule has 0 fully saturated rings. The van der Waals surface area contributed by atoms with E-state index in [1.165, 1.54) is 12.1 Å². The van der Waals surface area contributed by atoms with Crippen LogP contribution in [-0.4, -0.2) is 6.54 Å². The summed E-state index contributed by atoms with van der Waals surface area (Å²) < 4.78 is 43.3. The Morgan fingerprint density at radius 2 is 2.05 bits per heavy atom. The van der Waals surface area contributed by atoms with Crippen molar-refractivity contribution in [2.75, 3.05) is 6.54 Å². The highest BCUT2D eigenvalue weighted by atomic mass is 19.4. The molecular weight excluding hydrogens is 267 g/mol. The van der Waals surface area contributed by atoms with Crippen molar-refractivity contribution in [3.8, 4) is 0 Å². The average Bonchev–Trinajstić information content (AvgIpc) is 2.90. The highest BCUT2D eigenvalue weighted by Crippen LogP contribution is 2.31. The SMILES string of the molecule is CCNC(Cc1ccoc1)c1cccc(C(F)(F)F)c1. The number of hydrogen-bond acceptors (Lipinski definition) is 2. The lowest BCUT2D eigenvalue weighted by atomic mass is 9.98. The van der Waals surface area contributed by atoms with E-state index in [2.05, 4.69) is 5.32 Å². The smallest absolute Gasteiger partial charge is 0.416 e. The van der Waals surface area contributed by atoms with Crippen molar-refractivity contribution in [3.05, 3.63) is 59.5 Å². The molecule has 0 amide bonds. The fourth-order valence-electron chi connectivity index (χ4n) is 2.13. The molecular formula is C15H16F3NO. The summed E-state index contributed by atoms with van der Waals surface area (Å²) in [5, 5.41) is 3.21. The van der Waals surface area contributed by atoms with Crippen LogP contribution in [0.3, 0.4) is 0 Å². The van der Waals surface area contributed by atoms with Gasteiger partial charge in [0.15, 0.2) is 0 Å². The summed E-state index contributed by atoms with van der Waals surface area (Å²) in [7, 11) is 0. The van der Waals surface area contributed by atoms with Crippen molar-refractivity contribution in [2.24, 2.45) is 0 Å². The van der Waals surface area contributed by atoms with E-state index in [0.717, 1.165) is 11.6 Å². The molecule has 5 heteroatoms. The number of alkyl halides is 3. The first-order chi connectivity index (χ1) is 9.50. The molecule has 0 radical (unpaired) electrons. The Morgan fingerprint density at radius 1 is 1.25 bits per heavy atom. The molecule has 20 heavy (non-hydrogen) atoms. The summed E-state index contributed by atoms with van der Waals surface area (Å²) in [5.74, 6) is 0. The molecule has 1 aromatic heterocycles. The maximum atomic E-state index is 12.8. The van der Waals surface area contributed by atoms with Gasteiger partial charge in [-0.05, 0) is 42.3 Å². The van der Waals surface area contributed by atoms with Crippen LogP contribution in [0, 0.1) is 0 Å². The molecule has 0 bridgehead atoms. The number of halogens is 3. The lowest BCUT2D eigenvalue weighted by molar-refractivity contribution is -0.137. The highest BCUT2D eigenvalue weighted by molar-refractivity contribution is 5.29. The van der Waals surface area contributed by atoms with Gasteiger partial charge in [0.05, 0.1) is 18.1 Å². The molecule has 0 aliphatic rings. The Kier molecular flexibility index (Phi) is 4.49. The van der Waals surface area contributed by atoms with Crippen molar-refractivity contribution in [2.45, 2.75) is 25.6 Å². The minimum absolute atomic E-state index is 0.167. The first kappa shape index (κ1) is 14.7. The highest BCUT2D eigenvalue weighted by Gasteiger charge is 2.30. The van der Waals surface area contributed by atoms with E-state index >= 15 is 0 Å². The van der Waals surface area contributed by atoms with Gasteiger partial charge in [-0.15, -0.1) is 0 Å². The zero-order chi connectivity index (χ0) is 14.6. The molecule has 108 valence electrons. The van der Waals surface area contributed by atoms with Crippen LogP contribution in [0.25, 0.3) is 0 Å². The quantitative estimate of drug-likeness (QED) is 0.890. The van der Waals surface area contributed by atoms with Crippen LogP contribution in [0.5, 0.6) is 0 Å². The molecule has 1 atom stereocenters. The lowest BCUT2D eigenvalue weighted by Gasteiger charge is -2.19. The molecule has 2 aromatic rings. The van der Waals surface area contributed by atoms with E-state index in [0.29, 0.717) is 18.5 Å². The second-order valence-electron chi connectivity index (χ2n) is 4.57. The van der Waals surface area contributed by atoms with E-state index in [-0.39, 0.29) is 6.04 Å². The number of likely N-dealkylation sites (N-methyl/N-ethyl adjacent to an activating group) is 1. The molecule has 0 saturated carbocycles. The van der Waals surface area contributed by atoms with E-state index in [1.807, 2.05) is 13.0 Å². The van der Waals surface area contributed by atoms with Gasteiger partial charge in [0.25, 0.3) is 0 Å². The van der Waals surface area contributed by atoms with Gasteiger partial charge in [0.2, 0.25) is 0 Å². The van der Waals surface area contributed by atoms with Gasteiger partial charge in [-0.2, -0.15) is 13.2 Å². The second-order valence-corrected chi connectivity index (χ2v) is 4.57. The summed E-state index contributed by atoms with van der Waals surface area (Å²) in [4.78, 5) is 0. The maximum Gasteiger partial charge on any atom is 0.416 e. The second kappa shape index (κ2) is 6.13. The van der Waals surface area contributed by atoms with E-state index in [1.54, 1.807) is 18.6 Å². The van der Waals surface area contributed by atoms with Crippen molar-refractivity contribution in [1.29, 1.82) is 0 Å². The summed E-state index contributed by atoms with van der Waals surface area (Å²) in [6, 6.07) is 7.09. The number of hydrogen-bond donors (Lipinski definition) is 1. The van der Waals surface area contributed by atoms with Crippen molar-refractivity contribution in [3.63, 3.8) is 0 Å². The Hall–Kier alpha value is -1.75. The molecule has 0 saturated heterocycles. The Balaban J connectivity index is 2.25. The predicted molar refractivity (Wildman–Crippen MR) is 70.3 cm³/mol. The molecule has 1 heterocycles. The molecule has 0 spiro atoms. The van der Waals surface area contributed by atoms with Crippen LogP contribution in [0.4, 0.5) is 13.2 Å². The first-order valence-electron chi connectivity index (χ1n) is 6.42. The Morgan fingerprint density at radius 3 is 2.65 bits per heavy atom. The topological polar surface area (TPSA) is 25.2 Å². The van der Waals surface area contributed by atoms with E-state index in [9.17, 15) is 13.2 Å². The first-order valence-corrected chi connectivity index (χ1v) is 6.42. The van der Waals surface area contributed by atoms with Gasteiger partial charge in [-0.1, -0.05) is 19.1 Å². The monoisotopic (exact) mass is 283 g/mol. The standard InChI is InChI=1S/C15H16F3NO/c1-2-19-14(8-11-6-7-20-10-11)12-4-3-5-13(9-12)15(16,17)18/h3-7,9-10,14,19H,2,8H2,1H3. The Bertz CT molecular complexity index is 534. The summed E-state index contributed by atoms with van der Waals surface area (Å²) in [6.07, 6.45) is -0.559. The van der Waals surface area contributed by atoms with Crippen LogP contribution < -0.4 is 5.32 Å². The van der Waals surface area contributed by atoms with Gasteiger partial charge in [-0.25, -0.2) is 0 Å². The average molecular weight is 283 g/mol. The van der Waals surface area contributed by atoms with Crippen LogP contribution in [0.15, 0.2) is 47.3 Å². The van der Waals surface area contributed by atoms with Crippen molar-refractivity contribution < 1.29 is 17.6 Å². The molecule has 0 aliphatic heterocycles. The van der Waals surface area contributed by atoms with Crippen molar-refractivity contribution >= 4 is 0 Å². The predicted octanol–water partition coefficient (Wildman–Crippen LogP) is 4.19. The summed E-state index contributed by atoms with van der Waals surface area (Å²) >= 11 is 0. The summed E-state index contributed by atoms with van der Waals surface area (Å²) in [6.45, 7) is 2.61. The summed E-state index contributed by atoms with van der Waals surface area (Å²) in [5.41, 5.74) is 0.960.